The van der Waals surface area contributed by atoms with E-state index in [9.17, 15) is 19.0 Å². The first kappa shape index (κ1) is 26.1. The van der Waals surface area contributed by atoms with Crippen molar-refractivity contribution >= 4 is 33.3 Å². The first-order chi connectivity index (χ1) is 17.6. The van der Waals surface area contributed by atoms with Crippen LogP contribution in [0.5, 0.6) is 0 Å². The minimum atomic E-state index is -3.14. The van der Waals surface area contributed by atoms with E-state index in [4.69, 9.17) is 9.72 Å². The number of hydrogen-bond donors (Lipinski definition) is 4. The number of aliphatic hydroxyl groups excluding tert-OH is 2. The van der Waals surface area contributed by atoms with Crippen LogP contribution in [0.25, 0.3) is 20.8 Å². The minimum absolute atomic E-state index is 0.0862. The zero-order valence-corrected chi connectivity index (χ0v) is 22.0. The molecule has 2 aliphatic rings. The van der Waals surface area contributed by atoms with Crippen LogP contribution in [0, 0.1) is 12.8 Å². The third-order valence-corrected chi connectivity index (χ3v) is 8.25. The molecule has 2 aliphatic carbocycles. The number of nitrogens with one attached hydrogen (secondary N) is 2. The number of aryl methyl sites for hydroxylation is 1. The van der Waals surface area contributed by atoms with Crippen LogP contribution in [0.15, 0.2) is 12.3 Å². The van der Waals surface area contributed by atoms with Crippen molar-refractivity contribution in [3.63, 3.8) is 0 Å². The standard InChI is InChI=1S/C25H32F2N6O3S/c1-11(36-4)10-29-24-30-12(2)17(23-32-19-16(37-23)7-8-28-18(19)13-5-6-13)22(33-24)31-15-9-14(25(3,26)27)20(34)21(15)35/h7-8,11,13-15,20-21,34-35H,5-6,9-10H2,1-4H3,(H2,29,30,31,33). The highest BCUT2D eigenvalue weighted by Gasteiger charge is 2.51. The number of aliphatic hydroxyl groups is 2. The third kappa shape index (κ3) is 5.25. The lowest BCUT2D eigenvalue weighted by molar-refractivity contribution is -0.0950. The van der Waals surface area contributed by atoms with Crippen LogP contribution in [0.1, 0.15) is 50.4 Å². The van der Waals surface area contributed by atoms with Gasteiger partial charge in [0.05, 0.1) is 45.8 Å². The second-order valence-electron chi connectivity index (χ2n) is 10.2. The Morgan fingerprint density at radius 1 is 1.22 bits per heavy atom. The molecule has 3 heterocycles. The second-order valence-corrected chi connectivity index (χ2v) is 11.2. The van der Waals surface area contributed by atoms with E-state index in [1.165, 1.54) is 11.3 Å². The monoisotopic (exact) mass is 534 g/mol. The summed E-state index contributed by atoms with van der Waals surface area (Å²) in [7, 11) is 1.61. The van der Waals surface area contributed by atoms with E-state index in [-0.39, 0.29) is 12.5 Å². The van der Waals surface area contributed by atoms with E-state index in [0.717, 1.165) is 35.7 Å². The Morgan fingerprint density at radius 2 is 1.97 bits per heavy atom. The number of fused-ring (bicyclic) bond motifs is 1. The molecule has 0 amide bonds. The summed E-state index contributed by atoms with van der Waals surface area (Å²) in [6.07, 6.45) is 0.845. The SMILES string of the molecule is COC(C)CNc1nc(C)c(-c2nc3c(C4CC4)nccc3s2)c(NC2CC(C(C)(F)F)C(O)C2O)n1. The normalized spacial score (nSPS) is 25.0. The molecule has 12 heteroatoms. The molecule has 0 radical (unpaired) electrons. The molecular formula is C25H32F2N6O3S. The van der Waals surface area contributed by atoms with Gasteiger partial charge in [0, 0.05) is 25.8 Å². The number of alkyl halides is 2. The zero-order chi connectivity index (χ0) is 26.5. The smallest absolute Gasteiger partial charge is 0.250 e. The molecular weight excluding hydrogens is 502 g/mol. The molecule has 2 fully saturated rings. The van der Waals surface area contributed by atoms with Gasteiger partial charge in [-0.25, -0.2) is 18.7 Å². The first-order valence-corrected chi connectivity index (χ1v) is 13.3. The van der Waals surface area contributed by atoms with E-state index in [0.29, 0.717) is 40.5 Å². The molecule has 0 aliphatic heterocycles. The highest BCUT2D eigenvalue weighted by atomic mass is 32.1. The van der Waals surface area contributed by atoms with Crippen molar-refractivity contribution in [2.45, 2.75) is 76.2 Å². The summed E-state index contributed by atoms with van der Waals surface area (Å²) in [5, 5.41) is 28.0. The van der Waals surface area contributed by atoms with Crippen LogP contribution in [0.4, 0.5) is 20.5 Å². The van der Waals surface area contributed by atoms with Crippen molar-refractivity contribution < 1.29 is 23.7 Å². The molecule has 9 nitrogen and oxygen atoms in total. The van der Waals surface area contributed by atoms with E-state index in [1.807, 2.05) is 19.9 Å². The van der Waals surface area contributed by atoms with Crippen molar-refractivity contribution in [3.05, 3.63) is 23.7 Å². The van der Waals surface area contributed by atoms with Gasteiger partial charge in [-0.2, -0.15) is 4.98 Å². The van der Waals surface area contributed by atoms with Crippen molar-refractivity contribution in [3.8, 4) is 10.6 Å². The Balaban J connectivity index is 1.54. The minimum Gasteiger partial charge on any atom is -0.390 e. The summed E-state index contributed by atoms with van der Waals surface area (Å²) in [4.78, 5) is 18.7. The number of hydrogen-bond acceptors (Lipinski definition) is 10. The van der Waals surface area contributed by atoms with Crippen molar-refractivity contribution in [1.29, 1.82) is 0 Å². The number of nitrogens with zero attached hydrogens (tertiary/aromatic N) is 4. The van der Waals surface area contributed by atoms with Gasteiger partial charge in [-0.05, 0) is 46.1 Å². The number of pyridine rings is 1. The topological polar surface area (TPSA) is 125 Å². The maximum Gasteiger partial charge on any atom is 0.250 e. The summed E-state index contributed by atoms with van der Waals surface area (Å²) >= 11 is 1.49. The molecule has 0 bridgehead atoms. The molecule has 5 atom stereocenters. The summed E-state index contributed by atoms with van der Waals surface area (Å²) in [5.41, 5.74) is 3.10. The summed E-state index contributed by atoms with van der Waals surface area (Å²) in [5.74, 6) is -3.40. The van der Waals surface area contributed by atoms with Gasteiger partial charge in [-0.1, -0.05) is 0 Å². The number of anilines is 2. The fourth-order valence-electron chi connectivity index (χ4n) is 4.82. The lowest BCUT2D eigenvalue weighted by Crippen LogP contribution is -2.38. The van der Waals surface area contributed by atoms with E-state index in [1.54, 1.807) is 13.3 Å². The van der Waals surface area contributed by atoms with Crippen molar-refractivity contribution in [1.82, 2.24) is 19.9 Å². The molecule has 3 aromatic rings. The second kappa shape index (κ2) is 9.97. The van der Waals surface area contributed by atoms with Crippen LogP contribution in [0.2, 0.25) is 0 Å². The molecule has 5 unspecified atom stereocenters. The van der Waals surface area contributed by atoms with Crippen LogP contribution >= 0.6 is 11.3 Å². The maximum atomic E-state index is 14.1. The zero-order valence-electron chi connectivity index (χ0n) is 21.2. The van der Waals surface area contributed by atoms with E-state index >= 15 is 0 Å². The van der Waals surface area contributed by atoms with Gasteiger partial charge < -0.3 is 25.6 Å². The largest absolute Gasteiger partial charge is 0.390 e. The summed E-state index contributed by atoms with van der Waals surface area (Å²) in [6, 6.07) is 1.10. The third-order valence-electron chi connectivity index (χ3n) is 7.21. The maximum absolute atomic E-state index is 14.1. The van der Waals surface area contributed by atoms with Crippen molar-refractivity contribution in [2.75, 3.05) is 24.3 Å². The van der Waals surface area contributed by atoms with Crippen LogP contribution in [-0.4, -0.2) is 74.1 Å². The van der Waals surface area contributed by atoms with Crippen LogP contribution in [0.3, 0.4) is 0 Å². The summed E-state index contributed by atoms with van der Waals surface area (Å²) in [6.45, 7) is 4.96. The highest BCUT2D eigenvalue weighted by molar-refractivity contribution is 7.21. The number of methoxy groups -OCH3 is 1. The van der Waals surface area contributed by atoms with Gasteiger partial charge in [0.25, 0.3) is 5.92 Å². The fourth-order valence-corrected chi connectivity index (χ4v) is 5.89. The number of thiazole rings is 1. The van der Waals surface area contributed by atoms with Gasteiger partial charge in [0.1, 0.15) is 22.4 Å². The van der Waals surface area contributed by atoms with Gasteiger partial charge in [0.2, 0.25) is 5.95 Å². The van der Waals surface area contributed by atoms with Gasteiger partial charge in [-0.3, -0.25) is 4.98 Å². The highest BCUT2D eigenvalue weighted by Crippen LogP contribution is 2.45. The number of aromatic nitrogens is 4. The Morgan fingerprint density at radius 3 is 2.62 bits per heavy atom. The Labute approximate surface area is 217 Å². The number of rotatable bonds is 9. The molecule has 2 saturated carbocycles. The van der Waals surface area contributed by atoms with Crippen LogP contribution < -0.4 is 10.6 Å². The summed E-state index contributed by atoms with van der Waals surface area (Å²) < 4.78 is 34.5. The fraction of sp³-hybridized carbons (Fsp3) is 0.600. The Kier molecular flexibility index (Phi) is 7.03. The van der Waals surface area contributed by atoms with E-state index < -0.39 is 30.1 Å². The average Bonchev–Trinajstić information content (AvgIpc) is 3.54. The Bertz CT molecular complexity index is 1280. The van der Waals surface area contributed by atoms with Gasteiger partial charge in [0.15, 0.2) is 0 Å². The van der Waals surface area contributed by atoms with Gasteiger partial charge >= 0.3 is 0 Å². The molecule has 0 spiro atoms. The number of ether oxygens (including phenoxy) is 1. The molecule has 3 aromatic heterocycles. The van der Waals surface area contributed by atoms with Gasteiger partial charge in [-0.15, -0.1) is 11.3 Å². The lowest BCUT2D eigenvalue weighted by atomic mass is 9.98. The van der Waals surface area contributed by atoms with Crippen molar-refractivity contribution in [2.24, 2.45) is 5.92 Å². The average molecular weight is 535 g/mol. The Hall–Kier alpha value is -2.54. The number of halogens is 2. The first-order valence-electron chi connectivity index (χ1n) is 12.5. The predicted molar refractivity (Wildman–Crippen MR) is 138 cm³/mol. The van der Waals surface area contributed by atoms with Crippen LogP contribution in [-0.2, 0) is 4.74 Å². The lowest BCUT2D eigenvalue weighted by Gasteiger charge is -2.22. The molecule has 0 aromatic carbocycles. The molecule has 37 heavy (non-hydrogen) atoms. The molecule has 5 rings (SSSR count). The quantitative estimate of drug-likeness (QED) is 0.323. The van der Waals surface area contributed by atoms with E-state index in [2.05, 4.69) is 25.6 Å². The predicted octanol–water partition coefficient (Wildman–Crippen LogP) is 3.96. The molecule has 0 saturated heterocycles. The molecule has 4 N–H and O–H groups in total. The molecule has 200 valence electrons.